The Morgan fingerprint density at radius 3 is 2.83 bits per heavy atom. The molecule has 0 aromatic heterocycles. The number of rotatable bonds is 5. The Kier molecular flexibility index (Phi) is 7.14. The van der Waals surface area contributed by atoms with Gasteiger partial charge in [-0.25, -0.2) is 9.38 Å². The molecule has 1 amide bonds. The van der Waals surface area contributed by atoms with Crippen LogP contribution in [0.1, 0.15) is 24.2 Å². The summed E-state index contributed by atoms with van der Waals surface area (Å²) in [4.78, 5) is 18.0. The van der Waals surface area contributed by atoms with Crippen LogP contribution in [0.25, 0.3) is 0 Å². The fraction of sp³-hybridized carbons (Fsp3) is 0.529. The molecule has 0 bridgehead atoms. The minimum atomic E-state index is -0.457. The number of halogens is 1. The van der Waals surface area contributed by atoms with Crippen LogP contribution in [-0.2, 0) is 9.47 Å². The van der Waals surface area contributed by atoms with Crippen LogP contribution in [0, 0.1) is 5.82 Å². The lowest BCUT2D eigenvalue weighted by Gasteiger charge is -2.23. The summed E-state index contributed by atoms with van der Waals surface area (Å²) in [5, 5.41) is 2.62. The SMILES string of the molecule is CC(C)OC(=NCC[NH+]1CCOCC1)NC(=O)c1cccc(F)c1. The highest BCUT2D eigenvalue weighted by Gasteiger charge is 2.15. The maximum atomic E-state index is 13.2. The molecule has 6 nitrogen and oxygen atoms in total. The minimum Gasteiger partial charge on any atom is -0.462 e. The number of carbonyl (C=O) groups is 1. The summed E-state index contributed by atoms with van der Waals surface area (Å²) >= 11 is 0. The quantitative estimate of drug-likeness (QED) is 0.598. The summed E-state index contributed by atoms with van der Waals surface area (Å²) in [5.41, 5.74) is 0.230. The van der Waals surface area contributed by atoms with E-state index in [2.05, 4.69) is 10.3 Å². The summed E-state index contributed by atoms with van der Waals surface area (Å²) in [7, 11) is 0. The normalized spacial score (nSPS) is 16.2. The fourth-order valence-corrected chi connectivity index (χ4v) is 2.35. The van der Waals surface area contributed by atoms with Gasteiger partial charge in [0.05, 0.1) is 32.4 Å². The molecule has 0 radical (unpaired) electrons. The van der Waals surface area contributed by atoms with Crippen LogP contribution in [0.3, 0.4) is 0 Å². The van der Waals surface area contributed by atoms with Gasteiger partial charge >= 0.3 is 0 Å². The number of morpholine rings is 1. The summed E-state index contributed by atoms with van der Waals surface area (Å²) in [6.07, 6.45) is -0.118. The van der Waals surface area contributed by atoms with Crippen molar-refractivity contribution in [3.8, 4) is 0 Å². The number of aliphatic imine (C=N–C) groups is 1. The first-order chi connectivity index (χ1) is 11.5. The molecule has 1 aliphatic heterocycles. The molecule has 1 aliphatic rings. The zero-order valence-corrected chi connectivity index (χ0v) is 14.2. The van der Waals surface area contributed by atoms with Crippen LogP contribution >= 0.6 is 0 Å². The Hall–Kier alpha value is -1.99. The van der Waals surface area contributed by atoms with Crippen LogP contribution in [0.5, 0.6) is 0 Å². The molecule has 1 aromatic carbocycles. The molecule has 132 valence electrons. The molecule has 1 heterocycles. The van der Waals surface area contributed by atoms with Crippen molar-refractivity contribution in [3.63, 3.8) is 0 Å². The van der Waals surface area contributed by atoms with Crippen LogP contribution in [-0.4, -0.2) is 57.4 Å². The third-order valence-corrected chi connectivity index (χ3v) is 3.58. The highest BCUT2D eigenvalue weighted by atomic mass is 19.1. The molecule has 1 fully saturated rings. The lowest BCUT2D eigenvalue weighted by molar-refractivity contribution is -0.906. The lowest BCUT2D eigenvalue weighted by Crippen LogP contribution is -3.14. The van der Waals surface area contributed by atoms with Gasteiger partial charge in [0, 0.05) is 5.56 Å². The van der Waals surface area contributed by atoms with E-state index in [9.17, 15) is 9.18 Å². The van der Waals surface area contributed by atoms with Crippen molar-refractivity contribution in [2.75, 3.05) is 39.4 Å². The standard InChI is InChI=1S/C17H24FN3O3/c1-13(2)24-17(19-6-7-21-8-10-23-11-9-21)20-16(22)14-4-3-5-15(18)12-14/h3-5,12-13H,6-11H2,1-2H3,(H,19,20,22)/p+1. The van der Waals surface area contributed by atoms with Crippen LogP contribution < -0.4 is 10.2 Å². The average molecular weight is 338 g/mol. The summed E-state index contributed by atoms with van der Waals surface area (Å²) in [6, 6.07) is 5.68. The molecule has 7 heteroatoms. The Bertz CT molecular complexity index is 572. The number of hydrogen-bond acceptors (Lipinski definition) is 4. The first-order valence-electron chi connectivity index (χ1n) is 8.24. The number of amidine groups is 1. The van der Waals surface area contributed by atoms with Gasteiger partial charge in [-0.15, -0.1) is 0 Å². The number of hydrogen-bond donors (Lipinski definition) is 2. The second-order valence-corrected chi connectivity index (χ2v) is 5.93. The van der Waals surface area contributed by atoms with Crippen molar-refractivity contribution in [2.24, 2.45) is 4.99 Å². The molecule has 2 rings (SSSR count). The van der Waals surface area contributed by atoms with Gasteiger partial charge in [-0.05, 0) is 32.0 Å². The Morgan fingerprint density at radius 2 is 2.17 bits per heavy atom. The van der Waals surface area contributed by atoms with Gasteiger partial charge in [0.15, 0.2) is 0 Å². The Balaban J connectivity index is 1.93. The van der Waals surface area contributed by atoms with Crippen molar-refractivity contribution in [1.82, 2.24) is 5.32 Å². The molecule has 1 saturated heterocycles. The third-order valence-electron chi connectivity index (χ3n) is 3.58. The first kappa shape index (κ1) is 18.4. The van der Waals surface area contributed by atoms with Gasteiger partial charge in [-0.1, -0.05) is 6.07 Å². The number of amides is 1. The Labute approximate surface area is 141 Å². The van der Waals surface area contributed by atoms with Gasteiger partial charge in [-0.3, -0.25) is 10.1 Å². The number of quaternary nitrogens is 1. The van der Waals surface area contributed by atoms with E-state index in [-0.39, 0.29) is 17.7 Å². The fourth-order valence-electron chi connectivity index (χ4n) is 2.35. The molecule has 0 atom stereocenters. The zero-order chi connectivity index (χ0) is 17.4. The van der Waals surface area contributed by atoms with Gasteiger partial charge in [0.2, 0.25) is 0 Å². The van der Waals surface area contributed by atoms with E-state index in [1.54, 1.807) is 6.07 Å². The zero-order valence-electron chi connectivity index (χ0n) is 14.2. The van der Waals surface area contributed by atoms with Crippen molar-refractivity contribution >= 4 is 11.9 Å². The summed E-state index contributed by atoms with van der Waals surface area (Å²) in [5.74, 6) is -0.894. The topological polar surface area (TPSA) is 64.4 Å². The third kappa shape index (κ3) is 6.25. The predicted molar refractivity (Wildman–Crippen MR) is 88.8 cm³/mol. The maximum Gasteiger partial charge on any atom is 0.292 e. The highest BCUT2D eigenvalue weighted by Crippen LogP contribution is 2.03. The molecule has 0 saturated carbocycles. The molecular weight excluding hydrogens is 313 g/mol. The van der Waals surface area contributed by atoms with Crippen molar-refractivity contribution in [2.45, 2.75) is 20.0 Å². The van der Waals surface area contributed by atoms with E-state index >= 15 is 0 Å². The van der Waals surface area contributed by atoms with Crippen LogP contribution in [0.4, 0.5) is 4.39 Å². The van der Waals surface area contributed by atoms with E-state index in [4.69, 9.17) is 9.47 Å². The molecule has 0 spiro atoms. The van der Waals surface area contributed by atoms with Crippen molar-refractivity contribution in [1.29, 1.82) is 0 Å². The summed E-state index contributed by atoms with van der Waals surface area (Å²) < 4.78 is 24.1. The molecule has 0 aliphatic carbocycles. The molecule has 0 unspecified atom stereocenters. The van der Waals surface area contributed by atoms with E-state index in [0.717, 1.165) is 32.8 Å². The molecule has 24 heavy (non-hydrogen) atoms. The number of carbonyl (C=O) groups excluding carboxylic acids is 1. The number of nitrogens with zero attached hydrogens (tertiary/aromatic N) is 1. The summed E-state index contributed by atoms with van der Waals surface area (Å²) in [6.45, 7) is 8.58. The van der Waals surface area contributed by atoms with Crippen LogP contribution in [0.15, 0.2) is 29.3 Å². The van der Waals surface area contributed by atoms with E-state index in [1.807, 2.05) is 13.8 Å². The number of ether oxygens (including phenoxy) is 2. The number of benzene rings is 1. The van der Waals surface area contributed by atoms with Gasteiger partial charge in [-0.2, -0.15) is 0 Å². The smallest absolute Gasteiger partial charge is 0.292 e. The van der Waals surface area contributed by atoms with E-state index < -0.39 is 11.7 Å². The van der Waals surface area contributed by atoms with Crippen molar-refractivity contribution < 1.29 is 23.6 Å². The second kappa shape index (κ2) is 9.34. The van der Waals surface area contributed by atoms with Gasteiger partial charge in [0.25, 0.3) is 11.9 Å². The van der Waals surface area contributed by atoms with Crippen LogP contribution in [0.2, 0.25) is 0 Å². The van der Waals surface area contributed by atoms with E-state index in [1.165, 1.54) is 23.1 Å². The van der Waals surface area contributed by atoms with Crippen molar-refractivity contribution in [3.05, 3.63) is 35.6 Å². The molecule has 1 aromatic rings. The average Bonchev–Trinajstić information content (AvgIpc) is 2.55. The lowest BCUT2D eigenvalue weighted by atomic mass is 10.2. The minimum absolute atomic E-state index is 0.118. The van der Waals surface area contributed by atoms with Gasteiger partial charge in [0.1, 0.15) is 18.9 Å². The largest absolute Gasteiger partial charge is 0.462 e. The maximum absolute atomic E-state index is 13.2. The molecule has 2 N–H and O–H groups in total. The monoisotopic (exact) mass is 338 g/mol. The highest BCUT2D eigenvalue weighted by molar-refractivity contribution is 6.04. The predicted octanol–water partition coefficient (Wildman–Crippen LogP) is 0.252. The second-order valence-electron chi connectivity index (χ2n) is 5.93. The Morgan fingerprint density at radius 1 is 1.42 bits per heavy atom. The number of nitrogens with one attached hydrogen (secondary N) is 2. The molecular formula is C17H25FN3O3+. The first-order valence-corrected chi connectivity index (χ1v) is 8.24. The van der Waals surface area contributed by atoms with E-state index in [0.29, 0.717) is 6.54 Å². The van der Waals surface area contributed by atoms with Gasteiger partial charge < -0.3 is 14.4 Å².